The summed E-state index contributed by atoms with van der Waals surface area (Å²) in [6, 6.07) is 14.0. The number of aryl methyl sites for hydroxylation is 2. The van der Waals surface area contributed by atoms with Crippen LogP contribution in [0, 0.1) is 0 Å². The van der Waals surface area contributed by atoms with Crippen LogP contribution >= 0.6 is 0 Å². The highest BCUT2D eigenvalue weighted by molar-refractivity contribution is 6.04. The summed E-state index contributed by atoms with van der Waals surface area (Å²) in [6.07, 6.45) is 7.88. The van der Waals surface area contributed by atoms with Crippen molar-refractivity contribution in [2.24, 2.45) is 0 Å². The molecule has 1 aliphatic carbocycles. The third kappa shape index (κ3) is 4.51. The van der Waals surface area contributed by atoms with Crippen LogP contribution in [0.15, 0.2) is 42.5 Å². The number of carbonyl (C=O) groups is 2. The van der Waals surface area contributed by atoms with E-state index in [4.69, 9.17) is 4.74 Å². The molecular formula is C26H31N3O3. The number of likely N-dealkylation sites (tertiary alicyclic amines) is 1. The molecule has 2 heterocycles. The summed E-state index contributed by atoms with van der Waals surface area (Å²) < 4.78 is 5.45. The quantitative estimate of drug-likeness (QED) is 0.734. The standard InChI is InChI=1S/C26H31N3O3/c30-25(18-28-15-4-1-5-16-28)29-23-10-3-2-7-19(23)11-12-20-13-14-21(17-24(20)29)27-26(31)32-22-8-6-9-22/h2-3,7,10,13-14,17,22H,1,4-6,8-9,11-12,15-16,18H2,(H,27,31). The Morgan fingerprint density at radius 2 is 1.66 bits per heavy atom. The minimum absolute atomic E-state index is 0.0327. The average molecular weight is 434 g/mol. The minimum Gasteiger partial charge on any atom is -0.446 e. The van der Waals surface area contributed by atoms with Crippen LogP contribution in [0.25, 0.3) is 0 Å². The molecule has 32 heavy (non-hydrogen) atoms. The molecule has 1 N–H and O–H groups in total. The van der Waals surface area contributed by atoms with Crippen LogP contribution < -0.4 is 10.2 Å². The molecule has 3 aliphatic rings. The first-order valence-corrected chi connectivity index (χ1v) is 11.9. The third-order valence-electron chi connectivity index (χ3n) is 6.85. The van der Waals surface area contributed by atoms with Gasteiger partial charge in [-0.05, 0) is 87.4 Å². The van der Waals surface area contributed by atoms with Gasteiger partial charge in [-0.15, -0.1) is 0 Å². The highest BCUT2D eigenvalue weighted by Gasteiger charge is 2.28. The number of carbonyl (C=O) groups excluding carboxylic acids is 2. The highest BCUT2D eigenvalue weighted by Crippen LogP contribution is 2.38. The van der Waals surface area contributed by atoms with Gasteiger partial charge in [-0.25, -0.2) is 4.79 Å². The Bertz CT molecular complexity index is 996. The van der Waals surface area contributed by atoms with E-state index in [1.165, 1.54) is 12.0 Å². The second-order valence-electron chi connectivity index (χ2n) is 9.12. The predicted molar refractivity (Wildman–Crippen MR) is 125 cm³/mol. The number of fused-ring (bicyclic) bond motifs is 2. The monoisotopic (exact) mass is 433 g/mol. The molecule has 0 aromatic heterocycles. The first-order chi connectivity index (χ1) is 15.7. The van der Waals surface area contributed by atoms with Gasteiger partial charge in [0.15, 0.2) is 0 Å². The lowest BCUT2D eigenvalue weighted by atomic mass is 9.96. The van der Waals surface area contributed by atoms with E-state index in [2.05, 4.69) is 16.3 Å². The van der Waals surface area contributed by atoms with Gasteiger partial charge in [0.25, 0.3) is 0 Å². The Hall–Kier alpha value is -2.86. The Labute approximate surface area is 189 Å². The molecule has 1 saturated heterocycles. The number of nitrogens with one attached hydrogen (secondary N) is 1. The summed E-state index contributed by atoms with van der Waals surface area (Å²) in [4.78, 5) is 30.1. The number of anilines is 3. The van der Waals surface area contributed by atoms with E-state index in [0.29, 0.717) is 12.2 Å². The van der Waals surface area contributed by atoms with E-state index >= 15 is 0 Å². The van der Waals surface area contributed by atoms with Crippen molar-refractivity contribution < 1.29 is 14.3 Å². The molecule has 6 heteroatoms. The molecule has 0 atom stereocenters. The molecule has 6 nitrogen and oxygen atoms in total. The van der Waals surface area contributed by atoms with Gasteiger partial charge in [0.2, 0.25) is 5.91 Å². The van der Waals surface area contributed by atoms with Gasteiger partial charge in [0, 0.05) is 5.69 Å². The van der Waals surface area contributed by atoms with Gasteiger partial charge in [-0.2, -0.15) is 0 Å². The third-order valence-corrected chi connectivity index (χ3v) is 6.85. The van der Waals surface area contributed by atoms with Crippen molar-refractivity contribution >= 4 is 29.1 Å². The highest BCUT2D eigenvalue weighted by atomic mass is 16.6. The normalized spacial score (nSPS) is 18.7. The molecule has 0 unspecified atom stereocenters. The van der Waals surface area contributed by atoms with Crippen LogP contribution in [0.5, 0.6) is 0 Å². The fourth-order valence-corrected chi connectivity index (χ4v) is 4.84. The lowest BCUT2D eigenvalue weighted by Crippen LogP contribution is -2.40. The average Bonchev–Trinajstić information content (AvgIpc) is 2.93. The first-order valence-electron chi connectivity index (χ1n) is 11.9. The van der Waals surface area contributed by atoms with E-state index in [9.17, 15) is 9.59 Å². The van der Waals surface area contributed by atoms with Gasteiger partial charge in [-0.3, -0.25) is 19.9 Å². The zero-order chi connectivity index (χ0) is 21.9. The number of ether oxygens (including phenoxy) is 1. The summed E-state index contributed by atoms with van der Waals surface area (Å²) in [5.74, 6) is 0.0803. The number of piperidine rings is 1. The van der Waals surface area contributed by atoms with E-state index < -0.39 is 6.09 Å². The van der Waals surface area contributed by atoms with Gasteiger partial charge < -0.3 is 4.74 Å². The number of nitrogens with zero attached hydrogens (tertiary/aromatic N) is 2. The van der Waals surface area contributed by atoms with Gasteiger partial charge in [0.05, 0.1) is 17.9 Å². The maximum Gasteiger partial charge on any atom is 0.411 e. The van der Waals surface area contributed by atoms with E-state index in [1.54, 1.807) is 0 Å². The van der Waals surface area contributed by atoms with E-state index in [-0.39, 0.29) is 12.0 Å². The topological polar surface area (TPSA) is 61.9 Å². The van der Waals surface area contributed by atoms with Gasteiger partial charge in [-0.1, -0.05) is 30.7 Å². The van der Waals surface area contributed by atoms with Crippen molar-refractivity contribution in [2.75, 3.05) is 29.9 Å². The largest absolute Gasteiger partial charge is 0.446 e. The van der Waals surface area contributed by atoms with Crippen LogP contribution in [0.4, 0.5) is 21.9 Å². The molecule has 168 valence electrons. The summed E-state index contributed by atoms with van der Waals surface area (Å²) >= 11 is 0. The lowest BCUT2D eigenvalue weighted by molar-refractivity contribution is -0.119. The molecule has 2 aliphatic heterocycles. The number of amides is 2. The number of para-hydroxylation sites is 1. The van der Waals surface area contributed by atoms with Crippen molar-refractivity contribution in [2.45, 2.75) is 57.5 Å². The van der Waals surface area contributed by atoms with Crippen LogP contribution in [-0.4, -0.2) is 42.6 Å². The predicted octanol–water partition coefficient (Wildman–Crippen LogP) is 5.04. The zero-order valence-electron chi connectivity index (χ0n) is 18.5. The second-order valence-corrected chi connectivity index (χ2v) is 9.12. The fraction of sp³-hybridized carbons (Fsp3) is 0.462. The van der Waals surface area contributed by atoms with Crippen molar-refractivity contribution in [1.29, 1.82) is 0 Å². The van der Waals surface area contributed by atoms with Crippen LogP contribution in [-0.2, 0) is 22.4 Å². The Kier molecular flexibility index (Phi) is 6.12. The van der Waals surface area contributed by atoms with Crippen molar-refractivity contribution in [3.05, 3.63) is 53.6 Å². The van der Waals surface area contributed by atoms with E-state index in [0.717, 1.165) is 75.0 Å². The minimum atomic E-state index is -0.421. The fourth-order valence-electron chi connectivity index (χ4n) is 4.84. The molecule has 2 aromatic carbocycles. The van der Waals surface area contributed by atoms with Crippen LogP contribution in [0.3, 0.4) is 0 Å². The molecule has 5 rings (SSSR count). The molecule has 0 spiro atoms. The summed E-state index contributed by atoms with van der Waals surface area (Å²) in [5.41, 5.74) is 4.75. The zero-order valence-corrected chi connectivity index (χ0v) is 18.5. The van der Waals surface area contributed by atoms with E-state index in [1.807, 2.05) is 41.3 Å². The SMILES string of the molecule is O=C(Nc1ccc2c(c1)N(C(=O)CN1CCCCC1)c1ccccc1CC2)OC1CCC1. The first kappa shape index (κ1) is 21.0. The Morgan fingerprint density at radius 1 is 0.906 bits per heavy atom. The molecule has 2 amide bonds. The number of benzene rings is 2. The number of rotatable bonds is 4. The summed E-state index contributed by atoms with van der Waals surface area (Å²) in [6.45, 7) is 2.36. The number of hydrogen-bond acceptors (Lipinski definition) is 4. The molecule has 0 bridgehead atoms. The molecular weight excluding hydrogens is 402 g/mol. The number of hydrogen-bond donors (Lipinski definition) is 1. The maximum absolute atomic E-state index is 13.6. The van der Waals surface area contributed by atoms with Gasteiger partial charge in [0.1, 0.15) is 6.10 Å². The summed E-state index contributed by atoms with van der Waals surface area (Å²) in [5, 5.41) is 2.87. The molecule has 2 aromatic rings. The van der Waals surface area contributed by atoms with Crippen molar-refractivity contribution in [3.63, 3.8) is 0 Å². The lowest BCUT2D eigenvalue weighted by Gasteiger charge is -2.31. The smallest absolute Gasteiger partial charge is 0.411 e. The Balaban J connectivity index is 1.44. The Morgan fingerprint density at radius 3 is 2.41 bits per heavy atom. The molecule has 1 saturated carbocycles. The maximum atomic E-state index is 13.6. The molecule has 2 fully saturated rings. The van der Waals surface area contributed by atoms with Crippen LogP contribution in [0.1, 0.15) is 49.7 Å². The second kappa shape index (κ2) is 9.33. The van der Waals surface area contributed by atoms with Gasteiger partial charge >= 0.3 is 6.09 Å². The van der Waals surface area contributed by atoms with Crippen molar-refractivity contribution in [3.8, 4) is 0 Å². The van der Waals surface area contributed by atoms with Crippen molar-refractivity contribution in [1.82, 2.24) is 4.90 Å². The summed E-state index contributed by atoms with van der Waals surface area (Å²) in [7, 11) is 0. The van der Waals surface area contributed by atoms with Crippen LogP contribution in [0.2, 0.25) is 0 Å². The molecule has 0 radical (unpaired) electrons.